The number of carbonyl (C=O) groups excluding carboxylic acids is 1. The van der Waals surface area contributed by atoms with Crippen LogP contribution in [-0.4, -0.2) is 39.3 Å². The molecule has 0 aromatic carbocycles. The first-order chi connectivity index (χ1) is 8.77. The Labute approximate surface area is 116 Å². The van der Waals surface area contributed by atoms with Crippen LogP contribution in [0.5, 0.6) is 0 Å². The molecule has 19 heavy (non-hydrogen) atoms. The summed E-state index contributed by atoms with van der Waals surface area (Å²) >= 11 is 0. The minimum atomic E-state index is -3.88. The number of nitrogens with zero attached hydrogens (tertiary/aromatic N) is 1. The molecule has 6 nitrogen and oxygen atoms in total. The molecule has 0 saturated heterocycles. The molecular formula is C11H16ClNO5S. The third-order valence-electron chi connectivity index (χ3n) is 2.39. The second-order valence-corrected chi connectivity index (χ2v) is 6.69. The van der Waals surface area contributed by atoms with Gasteiger partial charge in [0.05, 0.1) is 6.61 Å². The quantitative estimate of drug-likeness (QED) is 0.455. The fourth-order valence-electron chi connectivity index (χ4n) is 1.47. The second-order valence-electron chi connectivity index (χ2n) is 4.13. The minimum absolute atomic E-state index is 0.0988. The summed E-state index contributed by atoms with van der Waals surface area (Å²) in [6.45, 7) is 4.00. The molecule has 1 aromatic rings. The van der Waals surface area contributed by atoms with Gasteiger partial charge in [0, 0.05) is 30.0 Å². The van der Waals surface area contributed by atoms with E-state index in [1.807, 2.05) is 13.8 Å². The number of hydrogen-bond acceptors (Lipinski definition) is 5. The smallest absolute Gasteiger partial charge is 0.355 e. The van der Waals surface area contributed by atoms with E-state index in [1.54, 1.807) is 0 Å². The molecule has 0 aliphatic heterocycles. The molecule has 0 unspecified atom stereocenters. The van der Waals surface area contributed by atoms with E-state index in [-0.39, 0.29) is 29.8 Å². The molecule has 108 valence electrons. The number of ether oxygens (including phenoxy) is 2. The van der Waals surface area contributed by atoms with Crippen LogP contribution < -0.4 is 0 Å². The monoisotopic (exact) mass is 309 g/mol. The number of rotatable bonds is 6. The summed E-state index contributed by atoms with van der Waals surface area (Å²) in [7, 11) is 2.88. The summed E-state index contributed by atoms with van der Waals surface area (Å²) in [6.07, 6.45) is 1.32. The second kappa shape index (κ2) is 6.40. The van der Waals surface area contributed by atoms with E-state index in [1.165, 1.54) is 23.9 Å². The lowest BCUT2D eigenvalue weighted by Gasteiger charge is -2.11. The first-order valence-electron chi connectivity index (χ1n) is 5.60. The summed E-state index contributed by atoms with van der Waals surface area (Å²) < 4.78 is 33.8. The van der Waals surface area contributed by atoms with Crippen LogP contribution in [0.15, 0.2) is 17.2 Å². The maximum atomic E-state index is 11.8. The Kier molecular flexibility index (Phi) is 5.39. The topological polar surface area (TPSA) is 74.6 Å². The molecule has 0 atom stereocenters. The molecule has 8 heteroatoms. The average Bonchev–Trinajstić information content (AvgIpc) is 2.73. The molecule has 0 aliphatic carbocycles. The van der Waals surface area contributed by atoms with Crippen LogP contribution >= 0.6 is 10.7 Å². The van der Waals surface area contributed by atoms with E-state index in [9.17, 15) is 13.2 Å². The lowest BCUT2D eigenvalue weighted by Crippen LogP contribution is -2.15. The molecule has 0 amide bonds. The SMILES string of the molecule is COCCOC(=O)c1cc(S(=O)(=O)Cl)cn1C(C)C. The zero-order valence-electron chi connectivity index (χ0n) is 10.9. The zero-order valence-corrected chi connectivity index (χ0v) is 12.5. The van der Waals surface area contributed by atoms with Gasteiger partial charge < -0.3 is 14.0 Å². The molecule has 0 saturated carbocycles. The van der Waals surface area contributed by atoms with Crippen molar-refractivity contribution in [2.45, 2.75) is 24.8 Å². The van der Waals surface area contributed by atoms with Crippen LogP contribution in [0.3, 0.4) is 0 Å². The molecule has 0 fully saturated rings. The Morgan fingerprint density at radius 3 is 2.53 bits per heavy atom. The molecule has 0 N–H and O–H groups in total. The summed E-state index contributed by atoms with van der Waals surface area (Å²) in [5, 5.41) is 0. The fraction of sp³-hybridized carbons (Fsp3) is 0.545. The molecule has 0 bridgehead atoms. The number of aromatic nitrogens is 1. The van der Waals surface area contributed by atoms with Crippen LogP contribution in [0, 0.1) is 0 Å². The van der Waals surface area contributed by atoms with Crippen molar-refractivity contribution in [3.05, 3.63) is 18.0 Å². The highest BCUT2D eigenvalue weighted by Gasteiger charge is 2.22. The largest absolute Gasteiger partial charge is 0.459 e. The van der Waals surface area contributed by atoms with E-state index in [4.69, 9.17) is 20.2 Å². The highest BCUT2D eigenvalue weighted by atomic mass is 35.7. The van der Waals surface area contributed by atoms with Gasteiger partial charge >= 0.3 is 5.97 Å². The average molecular weight is 310 g/mol. The van der Waals surface area contributed by atoms with E-state index in [0.29, 0.717) is 0 Å². The van der Waals surface area contributed by atoms with Gasteiger partial charge in [-0.05, 0) is 19.9 Å². The molecular weight excluding hydrogens is 294 g/mol. The van der Waals surface area contributed by atoms with E-state index in [0.717, 1.165) is 0 Å². The number of methoxy groups -OCH3 is 1. The van der Waals surface area contributed by atoms with Gasteiger partial charge in [0.1, 0.15) is 17.2 Å². The fourth-order valence-corrected chi connectivity index (χ4v) is 2.21. The highest BCUT2D eigenvalue weighted by molar-refractivity contribution is 8.13. The van der Waals surface area contributed by atoms with Crippen molar-refractivity contribution in [2.75, 3.05) is 20.3 Å². The van der Waals surface area contributed by atoms with Crippen molar-refractivity contribution < 1.29 is 22.7 Å². The molecule has 0 radical (unpaired) electrons. The van der Waals surface area contributed by atoms with Gasteiger partial charge in [0.25, 0.3) is 9.05 Å². The number of carbonyl (C=O) groups is 1. The van der Waals surface area contributed by atoms with Crippen molar-refractivity contribution >= 4 is 25.7 Å². The summed E-state index contributed by atoms with van der Waals surface area (Å²) in [5.41, 5.74) is 0.144. The zero-order chi connectivity index (χ0) is 14.6. The van der Waals surface area contributed by atoms with Crippen molar-refractivity contribution in [1.82, 2.24) is 4.57 Å². The Morgan fingerprint density at radius 2 is 2.05 bits per heavy atom. The first kappa shape index (κ1) is 16.0. The van der Waals surface area contributed by atoms with Gasteiger partial charge in [0.15, 0.2) is 0 Å². The number of halogens is 1. The van der Waals surface area contributed by atoms with Crippen LogP contribution in [0.4, 0.5) is 0 Å². The summed E-state index contributed by atoms with van der Waals surface area (Å²) in [6, 6.07) is 1.11. The third-order valence-corrected chi connectivity index (χ3v) is 3.71. The van der Waals surface area contributed by atoms with Gasteiger partial charge in [0.2, 0.25) is 0 Å². The van der Waals surface area contributed by atoms with Crippen molar-refractivity contribution in [1.29, 1.82) is 0 Å². The molecule has 1 heterocycles. The first-order valence-corrected chi connectivity index (χ1v) is 7.91. The molecule has 0 spiro atoms. The molecule has 1 rings (SSSR count). The van der Waals surface area contributed by atoms with E-state index < -0.39 is 15.0 Å². The van der Waals surface area contributed by atoms with Gasteiger partial charge in [-0.2, -0.15) is 0 Å². The van der Waals surface area contributed by atoms with Gasteiger partial charge in [-0.15, -0.1) is 0 Å². The Bertz CT molecular complexity index is 549. The minimum Gasteiger partial charge on any atom is -0.459 e. The number of esters is 1. The lowest BCUT2D eigenvalue weighted by atomic mass is 10.3. The maximum absolute atomic E-state index is 11.8. The predicted molar refractivity (Wildman–Crippen MR) is 70.0 cm³/mol. The highest BCUT2D eigenvalue weighted by Crippen LogP contribution is 2.22. The van der Waals surface area contributed by atoms with Crippen LogP contribution in [0.25, 0.3) is 0 Å². The van der Waals surface area contributed by atoms with Gasteiger partial charge in [-0.25, -0.2) is 13.2 Å². The summed E-state index contributed by atoms with van der Waals surface area (Å²) in [5.74, 6) is -0.614. The van der Waals surface area contributed by atoms with E-state index in [2.05, 4.69) is 0 Å². The van der Waals surface area contributed by atoms with Crippen molar-refractivity contribution in [2.24, 2.45) is 0 Å². The van der Waals surface area contributed by atoms with Crippen LogP contribution in [0.2, 0.25) is 0 Å². The van der Waals surface area contributed by atoms with E-state index >= 15 is 0 Å². The molecule has 0 aliphatic rings. The maximum Gasteiger partial charge on any atom is 0.355 e. The number of hydrogen-bond donors (Lipinski definition) is 0. The Balaban J connectivity index is 3.05. The lowest BCUT2D eigenvalue weighted by molar-refractivity contribution is 0.0375. The van der Waals surface area contributed by atoms with Crippen molar-refractivity contribution in [3.63, 3.8) is 0 Å². The van der Waals surface area contributed by atoms with Crippen LogP contribution in [-0.2, 0) is 18.5 Å². The normalized spacial score (nSPS) is 11.8. The standard InChI is InChI=1S/C11H16ClNO5S/c1-8(2)13-7-9(19(12,15)16)6-10(13)11(14)18-5-4-17-3/h6-8H,4-5H2,1-3H3. The predicted octanol–water partition coefficient (Wildman–Crippen LogP) is 1.80. The van der Waals surface area contributed by atoms with Gasteiger partial charge in [-0.3, -0.25) is 0 Å². The van der Waals surface area contributed by atoms with Gasteiger partial charge in [-0.1, -0.05) is 0 Å². The third kappa shape index (κ3) is 4.22. The molecule has 1 aromatic heterocycles. The Morgan fingerprint density at radius 1 is 1.42 bits per heavy atom. The van der Waals surface area contributed by atoms with Crippen molar-refractivity contribution in [3.8, 4) is 0 Å². The van der Waals surface area contributed by atoms with Crippen LogP contribution in [0.1, 0.15) is 30.4 Å². The summed E-state index contributed by atoms with van der Waals surface area (Å²) in [4.78, 5) is 11.7. The Hall–Kier alpha value is -1.05.